The third kappa shape index (κ3) is 2.81. The molecule has 1 aliphatic rings. The van der Waals surface area contributed by atoms with Crippen molar-refractivity contribution in [3.8, 4) is 0 Å². The Balaban J connectivity index is 2.13. The van der Waals surface area contributed by atoms with Crippen LogP contribution in [0.1, 0.15) is 49.4 Å². The molecule has 4 heteroatoms. The molecule has 0 atom stereocenters. The Kier molecular flexibility index (Phi) is 4.18. The summed E-state index contributed by atoms with van der Waals surface area (Å²) in [5, 5.41) is 0. The van der Waals surface area contributed by atoms with Gasteiger partial charge in [-0.05, 0) is 25.8 Å². The van der Waals surface area contributed by atoms with E-state index in [0.717, 1.165) is 19.4 Å². The predicted molar refractivity (Wildman–Crippen MR) is 70.6 cm³/mol. The van der Waals surface area contributed by atoms with E-state index in [1.807, 2.05) is 11.8 Å². The number of rotatable bonds is 3. The molecule has 0 radical (unpaired) electrons. The first-order chi connectivity index (χ1) is 8.72. The maximum Gasteiger partial charge on any atom is 0.255 e. The number of carbonyl (C=O) groups is 1. The van der Waals surface area contributed by atoms with Crippen molar-refractivity contribution in [2.45, 2.75) is 45.1 Å². The number of H-pyrrole nitrogens is 1. The van der Waals surface area contributed by atoms with Crippen molar-refractivity contribution in [1.82, 2.24) is 9.88 Å². The van der Waals surface area contributed by atoms with E-state index in [1.54, 1.807) is 6.07 Å². The average molecular weight is 248 g/mol. The standard InChI is InChI=1S/C14H20N2O2/c1-2-16(12-6-4-3-5-7-12)14(18)11-8-9-13(17)15-10-11/h8-10,12H,2-7H2,1H3,(H,15,17). The fourth-order valence-electron chi connectivity index (χ4n) is 2.67. The summed E-state index contributed by atoms with van der Waals surface area (Å²) in [6, 6.07) is 3.37. The molecule has 0 aliphatic heterocycles. The highest BCUT2D eigenvalue weighted by molar-refractivity contribution is 5.94. The second kappa shape index (κ2) is 5.85. The molecule has 18 heavy (non-hydrogen) atoms. The number of aromatic amines is 1. The summed E-state index contributed by atoms with van der Waals surface area (Å²) in [6.45, 7) is 2.74. The van der Waals surface area contributed by atoms with Gasteiger partial charge in [-0.1, -0.05) is 19.3 Å². The van der Waals surface area contributed by atoms with Crippen LogP contribution in [0.5, 0.6) is 0 Å². The van der Waals surface area contributed by atoms with Gasteiger partial charge in [-0.15, -0.1) is 0 Å². The molecule has 1 aliphatic carbocycles. The van der Waals surface area contributed by atoms with Crippen molar-refractivity contribution in [3.63, 3.8) is 0 Å². The largest absolute Gasteiger partial charge is 0.336 e. The summed E-state index contributed by atoms with van der Waals surface area (Å²) in [5.74, 6) is 0.0284. The molecule has 1 amide bonds. The Morgan fingerprint density at radius 2 is 2.06 bits per heavy atom. The smallest absolute Gasteiger partial charge is 0.255 e. The van der Waals surface area contributed by atoms with Crippen molar-refractivity contribution < 1.29 is 4.79 Å². The van der Waals surface area contributed by atoms with Gasteiger partial charge in [-0.3, -0.25) is 9.59 Å². The van der Waals surface area contributed by atoms with Crippen LogP contribution in [0.15, 0.2) is 23.1 Å². The van der Waals surface area contributed by atoms with Gasteiger partial charge in [0, 0.05) is 24.8 Å². The molecule has 98 valence electrons. The molecule has 2 rings (SSSR count). The van der Waals surface area contributed by atoms with E-state index >= 15 is 0 Å². The average Bonchev–Trinajstić information content (AvgIpc) is 2.41. The second-order valence-corrected chi connectivity index (χ2v) is 4.82. The Morgan fingerprint density at radius 1 is 1.33 bits per heavy atom. The summed E-state index contributed by atoms with van der Waals surface area (Å²) >= 11 is 0. The van der Waals surface area contributed by atoms with Gasteiger partial charge in [-0.25, -0.2) is 0 Å². The highest BCUT2D eigenvalue weighted by atomic mass is 16.2. The molecular weight excluding hydrogens is 228 g/mol. The summed E-state index contributed by atoms with van der Waals surface area (Å²) in [7, 11) is 0. The van der Waals surface area contributed by atoms with Crippen LogP contribution in [0.25, 0.3) is 0 Å². The summed E-state index contributed by atoms with van der Waals surface area (Å²) in [5.41, 5.74) is 0.397. The number of carbonyl (C=O) groups excluding carboxylic acids is 1. The van der Waals surface area contributed by atoms with E-state index < -0.39 is 0 Å². The first-order valence-electron chi connectivity index (χ1n) is 6.72. The van der Waals surface area contributed by atoms with Crippen molar-refractivity contribution in [2.24, 2.45) is 0 Å². The van der Waals surface area contributed by atoms with Crippen LogP contribution in [0.3, 0.4) is 0 Å². The number of amides is 1. The Morgan fingerprint density at radius 3 is 2.61 bits per heavy atom. The molecule has 4 nitrogen and oxygen atoms in total. The van der Waals surface area contributed by atoms with Crippen molar-refractivity contribution in [1.29, 1.82) is 0 Å². The second-order valence-electron chi connectivity index (χ2n) is 4.82. The molecule has 0 unspecified atom stereocenters. The molecule has 0 spiro atoms. The number of hydrogen-bond donors (Lipinski definition) is 1. The predicted octanol–water partition coefficient (Wildman–Crippen LogP) is 2.17. The highest BCUT2D eigenvalue weighted by Gasteiger charge is 2.24. The molecule has 1 heterocycles. The zero-order valence-electron chi connectivity index (χ0n) is 10.8. The number of nitrogens with zero attached hydrogens (tertiary/aromatic N) is 1. The van der Waals surface area contributed by atoms with Crippen LogP contribution in [0.4, 0.5) is 0 Å². The van der Waals surface area contributed by atoms with Crippen LogP contribution >= 0.6 is 0 Å². The van der Waals surface area contributed by atoms with Gasteiger partial charge in [0.15, 0.2) is 0 Å². The summed E-state index contributed by atoms with van der Waals surface area (Å²) in [4.78, 5) is 27.9. The van der Waals surface area contributed by atoms with Gasteiger partial charge >= 0.3 is 0 Å². The Bertz CT molecular complexity index is 441. The lowest BCUT2D eigenvalue weighted by molar-refractivity contribution is 0.0647. The van der Waals surface area contributed by atoms with Crippen molar-refractivity contribution >= 4 is 5.91 Å². The molecule has 1 N–H and O–H groups in total. The van der Waals surface area contributed by atoms with E-state index in [4.69, 9.17) is 0 Å². The first kappa shape index (κ1) is 12.9. The number of hydrogen-bond acceptors (Lipinski definition) is 2. The third-order valence-electron chi connectivity index (χ3n) is 3.65. The lowest BCUT2D eigenvalue weighted by Gasteiger charge is -2.33. The van der Waals surface area contributed by atoms with Crippen LogP contribution < -0.4 is 5.56 Å². The fraction of sp³-hybridized carbons (Fsp3) is 0.571. The molecule has 1 fully saturated rings. The zero-order valence-corrected chi connectivity index (χ0v) is 10.8. The number of nitrogens with one attached hydrogen (secondary N) is 1. The van der Waals surface area contributed by atoms with Crippen molar-refractivity contribution in [2.75, 3.05) is 6.54 Å². The van der Waals surface area contributed by atoms with Gasteiger partial charge in [0.1, 0.15) is 0 Å². The van der Waals surface area contributed by atoms with Crippen LogP contribution in [0.2, 0.25) is 0 Å². The van der Waals surface area contributed by atoms with E-state index in [9.17, 15) is 9.59 Å². The summed E-state index contributed by atoms with van der Waals surface area (Å²) in [6.07, 6.45) is 7.41. The topological polar surface area (TPSA) is 53.2 Å². The van der Waals surface area contributed by atoms with Crippen molar-refractivity contribution in [3.05, 3.63) is 34.2 Å². The molecule has 1 aromatic heterocycles. The van der Waals surface area contributed by atoms with Gasteiger partial charge in [0.2, 0.25) is 5.56 Å². The minimum atomic E-state index is -0.174. The lowest BCUT2D eigenvalue weighted by Crippen LogP contribution is -2.41. The zero-order chi connectivity index (χ0) is 13.0. The molecule has 1 saturated carbocycles. The summed E-state index contributed by atoms with van der Waals surface area (Å²) < 4.78 is 0. The van der Waals surface area contributed by atoms with Crippen LogP contribution in [-0.2, 0) is 0 Å². The lowest BCUT2D eigenvalue weighted by atomic mass is 9.94. The minimum absolute atomic E-state index is 0.0284. The quantitative estimate of drug-likeness (QED) is 0.891. The molecule has 1 aromatic rings. The van der Waals surface area contributed by atoms with Gasteiger partial charge < -0.3 is 9.88 Å². The minimum Gasteiger partial charge on any atom is -0.336 e. The monoisotopic (exact) mass is 248 g/mol. The Labute approximate surface area is 107 Å². The molecular formula is C14H20N2O2. The van der Waals surface area contributed by atoms with Crippen LogP contribution in [0, 0.1) is 0 Å². The molecule has 0 saturated heterocycles. The van der Waals surface area contributed by atoms with Crippen LogP contribution in [-0.4, -0.2) is 28.4 Å². The number of pyridine rings is 1. The first-order valence-corrected chi connectivity index (χ1v) is 6.72. The van der Waals surface area contributed by atoms with E-state index in [-0.39, 0.29) is 11.5 Å². The Hall–Kier alpha value is -1.58. The molecule has 0 aromatic carbocycles. The van der Waals surface area contributed by atoms with Gasteiger partial charge in [-0.2, -0.15) is 0 Å². The van der Waals surface area contributed by atoms with Gasteiger partial charge in [0.05, 0.1) is 5.56 Å². The SMILES string of the molecule is CCN(C(=O)c1ccc(=O)[nH]c1)C1CCCCC1. The fourth-order valence-corrected chi connectivity index (χ4v) is 2.67. The highest BCUT2D eigenvalue weighted by Crippen LogP contribution is 2.23. The van der Waals surface area contributed by atoms with E-state index in [0.29, 0.717) is 11.6 Å². The number of aromatic nitrogens is 1. The van der Waals surface area contributed by atoms with E-state index in [1.165, 1.54) is 31.5 Å². The maximum atomic E-state index is 12.4. The molecule has 0 bridgehead atoms. The maximum absolute atomic E-state index is 12.4. The van der Waals surface area contributed by atoms with E-state index in [2.05, 4.69) is 4.98 Å². The third-order valence-corrected chi connectivity index (χ3v) is 3.65. The van der Waals surface area contributed by atoms with Gasteiger partial charge in [0.25, 0.3) is 5.91 Å². The normalized spacial score (nSPS) is 16.5.